The van der Waals surface area contributed by atoms with Crippen molar-refractivity contribution < 1.29 is 19.4 Å². The molecule has 0 radical (unpaired) electrons. The molecule has 1 N–H and O–H groups in total. The molecule has 76 valence electrons. The van der Waals surface area contributed by atoms with Gasteiger partial charge >= 0.3 is 11.9 Å². The normalized spacial score (nSPS) is 9.86. The van der Waals surface area contributed by atoms with Gasteiger partial charge in [0.1, 0.15) is 6.54 Å². The summed E-state index contributed by atoms with van der Waals surface area (Å²) in [6, 6.07) is 0. The van der Waals surface area contributed by atoms with Crippen molar-refractivity contribution in [2.75, 3.05) is 7.11 Å². The highest BCUT2D eigenvalue weighted by Gasteiger charge is 2.17. The van der Waals surface area contributed by atoms with E-state index in [-0.39, 0.29) is 12.2 Å². The van der Waals surface area contributed by atoms with Gasteiger partial charge in [0, 0.05) is 0 Å². The molecule has 0 spiro atoms. The molecule has 7 heteroatoms. The van der Waals surface area contributed by atoms with E-state index in [4.69, 9.17) is 5.11 Å². The number of carbonyl (C=O) groups excluding carboxylic acids is 1. The van der Waals surface area contributed by atoms with Crippen LogP contribution in [0.2, 0.25) is 0 Å². The second-order valence-electron chi connectivity index (χ2n) is 2.57. The number of aliphatic carboxylic acids is 1. The number of nitrogens with zero attached hydrogens (tertiary/aromatic N) is 3. The van der Waals surface area contributed by atoms with Crippen LogP contribution in [0.1, 0.15) is 16.2 Å². The topological polar surface area (TPSA) is 94.3 Å². The predicted octanol–water partition coefficient (Wildman–Crippen LogP) is -0.542. The standard InChI is InChI=1S/C7H9N3O4/c1-4-6(7(13)14-2)8-9-10(4)3-5(11)12/h3H2,1-2H3,(H,11,12). The van der Waals surface area contributed by atoms with E-state index in [9.17, 15) is 9.59 Å². The van der Waals surface area contributed by atoms with E-state index in [1.165, 1.54) is 7.11 Å². The number of rotatable bonds is 3. The molecule has 0 aromatic carbocycles. The van der Waals surface area contributed by atoms with Gasteiger partial charge in [-0.15, -0.1) is 5.10 Å². The molecule has 0 bridgehead atoms. The number of methoxy groups -OCH3 is 1. The second-order valence-corrected chi connectivity index (χ2v) is 2.57. The van der Waals surface area contributed by atoms with Gasteiger partial charge in [0.2, 0.25) is 0 Å². The number of hydrogen-bond donors (Lipinski definition) is 1. The van der Waals surface area contributed by atoms with E-state index in [2.05, 4.69) is 15.0 Å². The van der Waals surface area contributed by atoms with Crippen LogP contribution in [0.4, 0.5) is 0 Å². The molecular formula is C7H9N3O4. The molecule has 1 rings (SSSR count). The molecule has 0 aliphatic rings. The SMILES string of the molecule is COC(=O)c1nnn(CC(=O)O)c1C. The van der Waals surface area contributed by atoms with Gasteiger partial charge in [-0.3, -0.25) is 4.79 Å². The zero-order valence-corrected chi connectivity index (χ0v) is 7.72. The lowest BCUT2D eigenvalue weighted by Crippen LogP contribution is -2.12. The van der Waals surface area contributed by atoms with Gasteiger partial charge in [0.05, 0.1) is 12.8 Å². The smallest absolute Gasteiger partial charge is 0.360 e. The Labute approximate surface area is 79.3 Å². The van der Waals surface area contributed by atoms with Gasteiger partial charge in [-0.1, -0.05) is 5.21 Å². The quantitative estimate of drug-likeness (QED) is 0.657. The maximum absolute atomic E-state index is 11.0. The second kappa shape index (κ2) is 3.86. The number of aromatic nitrogens is 3. The predicted molar refractivity (Wildman–Crippen MR) is 43.7 cm³/mol. The first-order valence-electron chi connectivity index (χ1n) is 3.76. The van der Waals surface area contributed by atoms with E-state index in [0.29, 0.717) is 5.69 Å². The Kier molecular flexibility index (Phi) is 2.80. The summed E-state index contributed by atoms with van der Waals surface area (Å²) >= 11 is 0. The number of hydrogen-bond acceptors (Lipinski definition) is 5. The molecule has 0 saturated heterocycles. The van der Waals surface area contributed by atoms with Crippen LogP contribution in [0, 0.1) is 6.92 Å². The van der Waals surface area contributed by atoms with Crippen LogP contribution >= 0.6 is 0 Å². The Hall–Kier alpha value is -1.92. The monoisotopic (exact) mass is 199 g/mol. The molecule has 0 aliphatic carbocycles. The Balaban J connectivity index is 2.96. The Morgan fingerprint density at radius 3 is 2.71 bits per heavy atom. The van der Waals surface area contributed by atoms with Crippen molar-refractivity contribution >= 4 is 11.9 Å². The molecule has 0 aliphatic heterocycles. The van der Waals surface area contributed by atoms with Crippen LogP contribution in [-0.2, 0) is 16.1 Å². The molecule has 1 aromatic rings. The van der Waals surface area contributed by atoms with Crippen LogP contribution in [-0.4, -0.2) is 39.1 Å². The first-order chi connectivity index (χ1) is 6.56. The Morgan fingerprint density at radius 1 is 1.57 bits per heavy atom. The van der Waals surface area contributed by atoms with Crippen LogP contribution in [0.15, 0.2) is 0 Å². The minimum atomic E-state index is -1.05. The van der Waals surface area contributed by atoms with E-state index >= 15 is 0 Å². The molecule has 7 nitrogen and oxygen atoms in total. The van der Waals surface area contributed by atoms with Gasteiger partial charge in [-0.05, 0) is 6.92 Å². The zero-order valence-electron chi connectivity index (χ0n) is 7.72. The lowest BCUT2D eigenvalue weighted by molar-refractivity contribution is -0.137. The van der Waals surface area contributed by atoms with Crippen LogP contribution in [0.25, 0.3) is 0 Å². The largest absolute Gasteiger partial charge is 0.480 e. The number of esters is 1. The highest BCUT2D eigenvalue weighted by atomic mass is 16.5. The number of carboxylic acids is 1. The molecule has 14 heavy (non-hydrogen) atoms. The van der Waals surface area contributed by atoms with E-state index in [0.717, 1.165) is 4.68 Å². The average molecular weight is 199 g/mol. The maximum atomic E-state index is 11.0. The van der Waals surface area contributed by atoms with E-state index < -0.39 is 11.9 Å². The van der Waals surface area contributed by atoms with Crippen molar-refractivity contribution in [1.29, 1.82) is 0 Å². The molecule has 1 heterocycles. The lowest BCUT2D eigenvalue weighted by atomic mass is 10.3. The zero-order chi connectivity index (χ0) is 10.7. The fourth-order valence-corrected chi connectivity index (χ4v) is 0.924. The number of carboxylic acid groups (broad SMARTS) is 1. The number of ether oxygens (including phenoxy) is 1. The first-order valence-corrected chi connectivity index (χ1v) is 3.76. The summed E-state index contributed by atoms with van der Waals surface area (Å²) in [7, 11) is 1.22. The fraction of sp³-hybridized carbons (Fsp3) is 0.429. The fourth-order valence-electron chi connectivity index (χ4n) is 0.924. The Morgan fingerprint density at radius 2 is 2.21 bits per heavy atom. The van der Waals surface area contributed by atoms with Crippen molar-refractivity contribution in [3.05, 3.63) is 11.4 Å². The third-order valence-corrected chi connectivity index (χ3v) is 1.65. The third kappa shape index (κ3) is 1.87. The van der Waals surface area contributed by atoms with Gasteiger partial charge in [0.25, 0.3) is 0 Å². The maximum Gasteiger partial charge on any atom is 0.360 e. The van der Waals surface area contributed by atoms with Gasteiger partial charge in [-0.25, -0.2) is 9.48 Å². The van der Waals surface area contributed by atoms with Crippen molar-refractivity contribution in [2.24, 2.45) is 0 Å². The van der Waals surface area contributed by atoms with Gasteiger partial charge < -0.3 is 9.84 Å². The third-order valence-electron chi connectivity index (χ3n) is 1.65. The Bertz CT molecular complexity index is 371. The van der Waals surface area contributed by atoms with Gasteiger partial charge in [-0.2, -0.15) is 0 Å². The summed E-state index contributed by atoms with van der Waals surface area (Å²) in [6.07, 6.45) is 0. The highest BCUT2D eigenvalue weighted by Crippen LogP contribution is 2.04. The minimum Gasteiger partial charge on any atom is -0.480 e. The van der Waals surface area contributed by atoms with Crippen LogP contribution < -0.4 is 0 Å². The molecule has 0 fully saturated rings. The molecular weight excluding hydrogens is 190 g/mol. The molecule has 0 amide bonds. The first kappa shape index (κ1) is 10.2. The summed E-state index contributed by atoms with van der Waals surface area (Å²) < 4.78 is 5.55. The minimum absolute atomic E-state index is 0.0359. The average Bonchev–Trinajstić information content (AvgIpc) is 2.46. The summed E-state index contributed by atoms with van der Waals surface area (Å²) in [4.78, 5) is 21.4. The summed E-state index contributed by atoms with van der Waals surface area (Å²) in [6.45, 7) is 1.23. The molecule has 0 saturated carbocycles. The summed E-state index contributed by atoms with van der Waals surface area (Å²) in [5.74, 6) is -1.67. The van der Waals surface area contributed by atoms with Crippen molar-refractivity contribution in [3.63, 3.8) is 0 Å². The summed E-state index contributed by atoms with van der Waals surface area (Å²) in [5.41, 5.74) is 0.410. The van der Waals surface area contributed by atoms with Crippen molar-refractivity contribution in [1.82, 2.24) is 15.0 Å². The van der Waals surface area contributed by atoms with Crippen LogP contribution in [0.3, 0.4) is 0 Å². The van der Waals surface area contributed by atoms with Gasteiger partial charge in [0.15, 0.2) is 5.69 Å². The highest BCUT2D eigenvalue weighted by molar-refractivity contribution is 5.88. The summed E-state index contributed by atoms with van der Waals surface area (Å²) in [5, 5.41) is 15.5. The molecule has 0 atom stereocenters. The number of carbonyl (C=O) groups is 2. The lowest BCUT2D eigenvalue weighted by Gasteiger charge is -1.98. The van der Waals surface area contributed by atoms with Crippen molar-refractivity contribution in [2.45, 2.75) is 13.5 Å². The van der Waals surface area contributed by atoms with Crippen molar-refractivity contribution in [3.8, 4) is 0 Å². The molecule has 0 unspecified atom stereocenters. The molecule has 1 aromatic heterocycles. The van der Waals surface area contributed by atoms with E-state index in [1.54, 1.807) is 6.92 Å². The van der Waals surface area contributed by atoms with Crippen LogP contribution in [0.5, 0.6) is 0 Å². The van der Waals surface area contributed by atoms with E-state index in [1.807, 2.05) is 0 Å².